The van der Waals surface area contributed by atoms with Crippen LogP contribution in [0.4, 0.5) is 4.79 Å². The van der Waals surface area contributed by atoms with Gasteiger partial charge in [-0.25, -0.2) is 4.79 Å². The van der Waals surface area contributed by atoms with Crippen molar-refractivity contribution in [2.75, 3.05) is 19.6 Å². The molecule has 1 unspecified atom stereocenters. The fourth-order valence-corrected chi connectivity index (χ4v) is 3.04. The molecular formula is C17H28N4O2. The first-order chi connectivity index (χ1) is 11.0. The van der Waals surface area contributed by atoms with Crippen molar-refractivity contribution in [3.05, 3.63) is 29.7 Å². The Morgan fingerprint density at radius 3 is 2.74 bits per heavy atom. The Labute approximate surface area is 138 Å². The van der Waals surface area contributed by atoms with Gasteiger partial charge in [0.25, 0.3) is 0 Å². The molecule has 0 aliphatic carbocycles. The van der Waals surface area contributed by atoms with E-state index in [1.165, 1.54) is 0 Å². The summed E-state index contributed by atoms with van der Waals surface area (Å²) in [6.07, 6.45) is 4.63. The predicted molar refractivity (Wildman–Crippen MR) is 90.5 cm³/mol. The minimum Gasteiger partial charge on any atom is -0.361 e. The Kier molecular flexibility index (Phi) is 6.21. The molecule has 1 aliphatic heterocycles. The Balaban J connectivity index is 1.73. The fourth-order valence-electron chi connectivity index (χ4n) is 3.04. The molecule has 1 aromatic rings. The van der Waals surface area contributed by atoms with Gasteiger partial charge in [0, 0.05) is 37.3 Å². The van der Waals surface area contributed by atoms with Crippen LogP contribution in [0.25, 0.3) is 0 Å². The van der Waals surface area contributed by atoms with Gasteiger partial charge in [0.15, 0.2) is 0 Å². The van der Waals surface area contributed by atoms with Gasteiger partial charge in [-0.2, -0.15) is 0 Å². The summed E-state index contributed by atoms with van der Waals surface area (Å²) in [6.45, 7) is 12.5. The fraction of sp³-hybridized carbons (Fsp3) is 0.647. The van der Waals surface area contributed by atoms with Crippen molar-refractivity contribution in [1.82, 2.24) is 20.7 Å². The minimum absolute atomic E-state index is 0.0349. The Hall–Kier alpha value is -1.82. The molecule has 2 N–H and O–H groups in total. The van der Waals surface area contributed by atoms with Crippen molar-refractivity contribution >= 4 is 6.03 Å². The number of urea groups is 1. The van der Waals surface area contributed by atoms with Crippen LogP contribution in [-0.4, -0.2) is 47.8 Å². The van der Waals surface area contributed by atoms with Crippen molar-refractivity contribution in [2.45, 2.75) is 52.1 Å². The largest absolute Gasteiger partial charge is 0.361 e. The lowest BCUT2D eigenvalue weighted by Gasteiger charge is -2.31. The van der Waals surface area contributed by atoms with E-state index in [-0.39, 0.29) is 18.1 Å². The number of hydrogen-bond acceptors (Lipinski definition) is 4. The van der Waals surface area contributed by atoms with Gasteiger partial charge in [0.1, 0.15) is 5.76 Å². The zero-order valence-corrected chi connectivity index (χ0v) is 14.4. The summed E-state index contributed by atoms with van der Waals surface area (Å²) < 4.78 is 5.16. The SMILES string of the molecule is C=CCN1CCC(NC(=O)NC(C)Cc2c(C)noc2C)CC1. The summed E-state index contributed by atoms with van der Waals surface area (Å²) in [5.41, 5.74) is 1.97. The molecule has 0 bridgehead atoms. The molecule has 6 heteroatoms. The van der Waals surface area contributed by atoms with Crippen LogP contribution in [0.5, 0.6) is 0 Å². The second-order valence-electron chi connectivity index (χ2n) is 6.39. The summed E-state index contributed by atoms with van der Waals surface area (Å²) in [5, 5.41) is 10.0. The number of piperidine rings is 1. The van der Waals surface area contributed by atoms with E-state index in [4.69, 9.17) is 4.52 Å². The number of rotatable bonds is 6. The number of nitrogens with zero attached hydrogens (tertiary/aromatic N) is 2. The van der Waals surface area contributed by atoms with E-state index >= 15 is 0 Å². The molecule has 2 heterocycles. The maximum atomic E-state index is 12.1. The molecule has 1 saturated heterocycles. The van der Waals surface area contributed by atoms with Gasteiger partial charge in [0.05, 0.1) is 5.69 Å². The standard InChI is InChI=1S/C17H28N4O2/c1-5-8-21-9-6-15(7-10-21)19-17(22)18-12(2)11-16-13(3)20-23-14(16)4/h5,12,15H,1,6-11H2,2-4H3,(H2,18,19,22). The molecule has 1 aromatic heterocycles. The number of aryl methyl sites for hydroxylation is 2. The molecule has 2 rings (SSSR count). The minimum atomic E-state index is -0.0913. The van der Waals surface area contributed by atoms with Crippen LogP contribution in [0.2, 0.25) is 0 Å². The maximum absolute atomic E-state index is 12.1. The first kappa shape index (κ1) is 17.5. The number of carbonyl (C=O) groups excluding carboxylic acids is 1. The van der Waals surface area contributed by atoms with Gasteiger partial charge in [-0.3, -0.25) is 4.90 Å². The Morgan fingerprint density at radius 1 is 1.48 bits per heavy atom. The van der Waals surface area contributed by atoms with Gasteiger partial charge >= 0.3 is 6.03 Å². The lowest BCUT2D eigenvalue weighted by Crippen LogP contribution is -2.49. The smallest absolute Gasteiger partial charge is 0.315 e. The van der Waals surface area contributed by atoms with Gasteiger partial charge in [-0.1, -0.05) is 11.2 Å². The maximum Gasteiger partial charge on any atom is 0.315 e. The molecule has 1 atom stereocenters. The molecule has 1 aliphatic rings. The molecule has 0 radical (unpaired) electrons. The van der Waals surface area contributed by atoms with E-state index in [0.29, 0.717) is 0 Å². The number of hydrogen-bond donors (Lipinski definition) is 2. The number of amides is 2. The van der Waals surface area contributed by atoms with E-state index < -0.39 is 0 Å². The van der Waals surface area contributed by atoms with Gasteiger partial charge in [0.2, 0.25) is 0 Å². The van der Waals surface area contributed by atoms with Crippen molar-refractivity contribution in [1.29, 1.82) is 0 Å². The zero-order chi connectivity index (χ0) is 16.8. The summed E-state index contributed by atoms with van der Waals surface area (Å²) in [4.78, 5) is 14.5. The average Bonchev–Trinajstić information content (AvgIpc) is 2.81. The normalized spacial score (nSPS) is 17.7. The topological polar surface area (TPSA) is 70.4 Å². The van der Waals surface area contributed by atoms with Gasteiger partial charge in [-0.15, -0.1) is 6.58 Å². The van der Waals surface area contributed by atoms with Crippen molar-refractivity contribution in [2.24, 2.45) is 0 Å². The lowest BCUT2D eigenvalue weighted by molar-refractivity contribution is 0.202. The molecule has 0 aromatic carbocycles. The third-order valence-electron chi connectivity index (χ3n) is 4.38. The summed E-state index contributed by atoms with van der Waals surface area (Å²) in [7, 11) is 0. The number of carbonyl (C=O) groups is 1. The third-order valence-corrected chi connectivity index (χ3v) is 4.38. The zero-order valence-electron chi connectivity index (χ0n) is 14.4. The summed E-state index contributed by atoms with van der Waals surface area (Å²) >= 11 is 0. The second kappa shape index (κ2) is 8.15. The molecule has 1 fully saturated rings. The quantitative estimate of drug-likeness (QED) is 0.788. The van der Waals surface area contributed by atoms with E-state index in [0.717, 1.165) is 55.9 Å². The summed E-state index contributed by atoms with van der Waals surface area (Å²) in [5.74, 6) is 0.825. The molecule has 6 nitrogen and oxygen atoms in total. The van der Waals surface area contributed by atoms with Gasteiger partial charge < -0.3 is 15.2 Å². The van der Waals surface area contributed by atoms with Crippen LogP contribution in [-0.2, 0) is 6.42 Å². The Bertz CT molecular complexity index is 513. The molecule has 128 valence electrons. The lowest BCUT2D eigenvalue weighted by atomic mass is 10.0. The molecule has 0 spiro atoms. The molecular weight excluding hydrogens is 292 g/mol. The highest BCUT2D eigenvalue weighted by atomic mass is 16.5. The van der Waals surface area contributed by atoms with Crippen molar-refractivity contribution in [3.8, 4) is 0 Å². The predicted octanol–water partition coefficient (Wildman–Crippen LogP) is 2.17. The van der Waals surface area contributed by atoms with Crippen molar-refractivity contribution < 1.29 is 9.32 Å². The average molecular weight is 320 g/mol. The number of aromatic nitrogens is 1. The molecule has 0 saturated carbocycles. The molecule has 2 amide bonds. The summed E-state index contributed by atoms with van der Waals surface area (Å²) in [6, 6.07) is 0.196. The highest BCUT2D eigenvalue weighted by Gasteiger charge is 2.21. The van der Waals surface area contributed by atoms with Crippen LogP contribution in [0.1, 0.15) is 36.8 Å². The van der Waals surface area contributed by atoms with E-state index in [9.17, 15) is 4.79 Å². The van der Waals surface area contributed by atoms with Crippen LogP contribution in [0, 0.1) is 13.8 Å². The first-order valence-corrected chi connectivity index (χ1v) is 8.31. The molecule has 23 heavy (non-hydrogen) atoms. The third kappa shape index (κ3) is 5.10. The van der Waals surface area contributed by atoms with Crippen LogP contribution in [0.15, 0.2) is 17.2 Å². The highest BCUT2D eigenvalue weighted by molar-refractivity contribution is 5.74. The number of nitrogens with one attached hydrogen (secondary N) is 2. The van der Waals surface area contributed by atoms with Gasteiger partial charge in [-0.05, 0) is 40.0 Å². The highest BCUT2D eigenvalue weighted by Crippen LogP contribution is 2.14. The van der Waals surface area contributed by atoms with Crippen molar-refractivity contribution in [3.63, 3.8) is 0 Å². The van der Waals surface area contributed by atoms with E-state index in [1.807, 2.05) is 26.8 Å². The van der Waals surface area contributed by atoms with Crippen LogP contribution in [0.3, 0.4) is 0 Å². The monoisotopic (exact) mass is 320 g/mol. The Morgan fingerprint density at radius 2 is 2.17 bits per heavy atom. The van der Waals surface area contributed by atoms with E-state index in [1.54, 1.807) is 0 Å². The van der Waals surface area contributed by atoms with Crippen LogP contribution >= 0.6 is 0 Å². The first-order valence-electron chi connectivity index (χ1n) is 8.31. The number of likely N-dealkylation sites (tertiary alicyclic amines) is 1. The van der Waals surface area contributed by atoms with Crippen LogP contribution < -0.4 is 10.6 Å². The van der Waals surface area contributed by atoms with E-state index in [2.05, 4.69) is 27.3 Å². The second-order valence-corrected chi connectivity index (χ2v) is 6.39.